The van der Waals surface area contributed by atoms with Gasteiger partial charge < -0.3 is 9.80 Å². The van der Waals surface area contributed by atoms with Crippen LogP contribution in [-0.2, 0) is 17.6 Å². The molecule has 6 nitrogen and oxygen atoms in total. The lowest BCUT2D eigenvalue weighted by Gasteiger charge is -2.36. The Morgan fingerprint density at radius 3 is 2.33 bits per heavy atom. The summed E-state index contributed by atoms with van der Waals surface area (Å²) < 4.78 is 0. The summed E-state index contributed by atoms with van der Waals surface area (Å²) in [6, 6.07) is 6.27. The smallest absolute Gasteiger partial charge is 0.254 e. The topological polar surface area (TPSA) is 56.8 Å². The van der Waals surface area contributed by atoms with E-state index in [0.717, 1.165) is 92.4 Å². The number of pyridine rings is 1. The minimum absolute atomic E-state index is 0.143. The van der Waals surface area contributed by atoms with E-state index in [-0.39, 0.29) is 11.8 Å². The first-order chi connectivity index (χ1) is 16.1. The molecule has 176 valence electrons. The Morgan fingerprint density at radius 1 is 0.848 bits per heavy atom. The number of carbonyl (C=O) groups is 2. The van der Waals surface area contributed by atoms with Crippen molar-refractivity contribution in [1.29, 1.82) is 0 Å². The van der Waals surface area contributed by atoms with Crippen LogP contribution in [0.4, 0.5) is 0 Å². The van der Waals surface area contributed by atoms with Gasteiger partial charge in [-0.25, -0.2) is 0 Å². The summed E-state index contributed by atoms with van der Waals surface area (Å²) in [5, 5.41) is 0.999. The molecule has 2 amide bonds. The monoisotopic (exact) mass is 448 g/mol. The van der Waals surface area contributed by atoms with Crippen LogP contribution in [0.2, 0.25) is 0 Å². The van der Waals surface area contributed by atoms with E-state index in [1.54, 1.807) is 0 Å². The molecule has 6 heteroatoms. The molecule has 0 N–H and O–H groups in total. The second-order valence-electron chi connectivity index (χ2n) is 10.0. The van der Waals surface area contributed by atoms with Crippen molar-refractivity contribution in [3.8, 4) is 0 Å². The van der Waals surface area contributed by atoms with Crippen LogP contribution in [0.25, 0.3) is 10.9 Å². The van der Waals surface area contributed by atoms with Crippen molar-refractivity contribution in [2.75, 3.05) is 45.8 Å². The fourth-order valence-electron chi connectivity index (χ4n) is 5.66. The van der Waals surface area contributed by atoms with Crippen LogP contribution >= 0.6 is 0 Å². The van der Waals surface area contributed by atoms with E-state index in [1.807, 2.05) is 9.80 Å². The van der Waals surface area contributed by atoms with Crippen LogP contribution < -0.4 is 0 Å². The SMILES string of the molecule is Cc1ccc2nc3c(c(C(=O)N4CCN(CC(=O)N5CCCCCC5)CC4)c2c1)CCCC3. The zero-order chi connectivity index (χ0) is 22.8. The van der Waals surface area contributed by atoms with Crippen LogP contribution in [0.3, 0.4) is 0 Å². The number of aromatic nitrogens is 1. The standard InChI is InChI=1S/C27H36N4O2/c1-20-10-11-24-22(18-20)26(21-8-4-5-9-23(21)28-24)27(33)31-16-14-29(15-17-31)19-25(32)30-12-6-2-3-7-13-30/h10-11,18H,2-9,12-17,19H2,1H3. The van der Waals surface area contributed by atoms with Gasteiger partial charge in [0.05, 0.1) is 17.6 Å². The molecule has 3 heterocycles. The molecule has 0 radical (unpaired) electrons. The molecule has 1 aromatic heterocycles. The number of benzene rings is 1. The van der Waals surface area contributed by atoms with E-state index in [0.29, 0.717) is 19.6 Å². The van der Waals surface area contributed by atoms with Gasteiger partial charge in [0.2, 0.25) is 5.91 Å². The average molecular weight is 449 g/mol. The molecule has 0 atom stereocenters. The van der Waals surface area contributed by atoms with Crippen LogP contribution in [-0.4, -0.2) is 77.3 Å². The summed E-state index contributed by atoms with van der Waals surface area (Å²) in [7, 11) is 0. The number of rotatable bonds is 3. The highest BCUT2D eigenvalue weighted by molar-refractivity contribution is 6.08. The van der Waals surface area contributed by atoms with Gasteiger partial charge in [0, 0.05) is 50.3 Å². The normalized spacial score (nSPS) is 19.9. The zero-order valence-corrected chi connectivity index (χ0v) is 19.9. The molecule has 33 heavy (non-hydrogen) atoms. The Kier molecular flexibility index (Phi) is 6.63. The highest BCUT2D eigenvalue weighted by atomic mass is 16.2. The predicted molar refractivity (Wildman–Crippen MR) is 131 cm³/mol. The quantitative estimate of drug-likeness (QED) is 0.720. The largest absolute Gasteiger partial charge is 0.342 e. The maximum atomic E-state index is 13.8. The minimum Gasteiger partial charge on any atom is -0.342 e. The third-order valence-electron chi connectivity index (χ3n) is 7.61. The predicted octanol–water partition coefficient (Wildman–Crippen LogP) is 3.58. The number of carbonyl (C=O) groups excluding carboxylic acids is 2. The highest BCUT2D eigenvalue weighted by Gasteiger charge is 2.29. The van der Waals surface area contributed by atoms with Crippen LogP contribution in [0.15, 0.2) is 18.2 Å². The maximum absolute atomic E-state index is 13.8. The van der Waals surface area contributed by atoms with Crippen molar-refractivity contribution in [3.05, 3.63) is 40.6 Å². The molecule has 1 aromatic carbocycles. The molecular weight excluding hydrogens is 412 g/mol. The zero-order valence-electron chi connectivity index (χ0n) is 19.9. The molecule has 0 bridgehead atoms. The Balaban J connectivity index is 1.30. The summed E-state index contributed by atoms with van der Waals surface area (Å²) in [4.78, 5) is 37.8. The minimum atomic E-state index is 0.143. The summed E-state index contributed by atoms with van der Waals surface area (Å²) >= 11 is 0. The first kappa shape index (κ1) is 22.3. The van der Waals surface area contributed by atoms with Gasteiger partial charge >= 0.3 is 0 Å². The van der Waals surface area contributed by atoms with Gasteiger partial charge in [0.1, 0.15) is 0 Å². The van der Waals surface area contributed by atoms with E-state index < -0.39 is 0 Å². The lowest BCUT2D eigenvalue weighted by Crippen LogP contribution is -2.51. The van der Waals surface area contributed by atoms with Gasteiger partial charge in [-0.2, -0.15) is 0 Å². The Hall–Kier alpha value is -2.47. The van der Waals surface area contributed by atoms with Crippen LogP contribution in [0.1, 0.15) is 65.7 Å². The van der Waals surface area contributed by atoms with Gasteiger partial charge in [-0.1, -0.05) is 24.5 Å². The summed E-state index contributed by atoms with van der Waals surface area (Å²) in [5.41, 5.74) is 5.26. The highest BCUT2D eigenvalue weighted by Crippen LogP contribution is 2.31. The number of aryl methyl sites for hydroxylation is 2. The first-order valence-corrected chi connectivity index (χ1v) is 12.8. The van der Waals surface area contributed by atoms with Gasteiger partial charge in [-0.15, -0.1) is 0 Å². The van der Waals surface area contributed by atoms with Crippen LogP contribution in [0, 0.1) is 6.92 Å². The number of likely N-dealkylation sites (tertiary alicyclic amines) is 1. The molecule has 0 spiro atoms. The van der Waals surface area contributed by atoms with Crippen molar-refractivity contribution in [2.45, 2.75) is 58.3 Å². The Morgan fingerprint density at radius 2 is 1.58 bits per heavy atom. The number of piperazine rings is 1. The molecular formula is C27H36N4O2. The van der Waals surface area contributed by atoms with Gasteiger partial charge in [-0.05, 0) is 63.1 Å². The number of hydrogen-bond donors (Lipinski definition) is 0. The average Bonchev–Trinajstić information content (AvgIpc) is 3.12. The second kappa shape index (κ2) is 9.80. The van der Waals surface area contributed by atoms with Crippen molar-refractivity contribution < 1.29 is 9.59 Å². The van der Waals surface area contributed by atoms with Gasteiger partial charge in [0.15, 0.2) is 0 Å². The van der Waals surface area contributed by atoms with E-state index in [4.69, 9.17) is 4.98 Å². The van der Waals surface area contributed by atoms with Crippen molar-refractivity contribution >= 4 is 22.7 Å². The molecule has 2 aromatic rings. The summed E-state index contributed by atoms with van der Waals surface area (Å²) in [5.74, 6) is 0.394. The van der Waals surface area contributed by atoms with Crippen molar-refractivity contribution in [1.82, 2.24) is 19.7 Å². The molecule has 0 saturated carbocycles. The fraction of sp³-hybridized carbons (Fsp3) is 0.593. The lowest BCUT2D eigenvalue weighted by atomic mass is 9.89. The molecule has 3 aliphatic rings. The summed E-state index contributed by atoms with van der Waals surface area (Å²) in [6.07, 6.45) is 8.89. The third-order valence-corrected chi connectivity index (χ3v) is 7.61. The van der Waals surface area contributed by atoms with E-state index in [9.17, 15) is 9.59 Å². The fourth-order valence-corrected chi connectivity index (χ4v) is 5.66. The van der Waals surface area contributed by atoms with Gasteiger partial charge in [-0.3, -0.25) is 19.5 Å². The maximum Gasteiger partial charge on any atom is 0.254 e. The molecule has 2 saturated heterocycles. The number of hydrogen-bond acceptors (Lipinski definition) is 4. The molecule has 2 fully saturated rings. The Labute approximate surface area is 196 Å². The number of amides is 2. The first-order valence-electron chi connectivity index (χ1n) is 12.8. The van der Waals surface area contributed by atoms with Crippen molar-refractivity contribution in [2.24, 2.45) is 0 Å². The second-order valence-corrected chi connectivity index (χ2v) is 10.0. The molecule has 0 unspecified atom stereocenters. The van der Waals surface area contributed by atoms with E-state index in [2.05, 4.69) is 30.0 Å². The molecule has 2 aliphatic heterocycles. The number of fused-ring (bicyclic) bond motifs is 2. The molecule has 1 aliphatic carbocycles. The Bertz CT molecular complexity index is 1030. The van der Waals surface area contributed by atoms with Crippen LogP contribution in [0.5, 0.6) is 0 Å². The van der Waals surface area contributed by atoms with Gasteiger partial charge in [0.25, 0.3) is 5.91 Å². The lowest BCUT2D eigenvalue weighted by molar-refractivity contribution is -0.132. The van der Waals surface area contributed by atoms with E-state index >= 15 is 0 Å². The third kappa shape index (κ3) is 4.77. The van der Waals surface area contributed by atoms with E-state index in [1.165, 1.54) is 18.4 Å². The van der Waals surface area contributed by atoms with Crippen molar-refractivity contribution in [3.63, 3.8) is 0 Å². The number of nitrogens with zero attached hydrogens (tertiary/aromatic N) is 4. The molecule has 5 rings (SSSR count). The summed E-state index contributed by atoms with van der Waals surface area (Å²) in [6.45, 7) is 7.23.